The van der Waals surface area contributed by atoms with E-state index in [0.29, 0.717) is 0 Å². The third-order valence-corrected chi connectivity index (χ3v) is 2.47. The van der Waals surface area contributed by atoms with Crippen molar-refractivity contribution in [2.45, 2.75) is 4.43 Å². The van der Waals surface area contributed by atoms with E-state index in [1.54, 1.807) is 6.07 Å². The molecular formula is C7H5BrFI. The van der Waals surface area contributed by atoms with E-state index < -0.39 is 0 Å². The van der Waals surface area contributed by atoms with Crippen molar-refractivity contribution in [3.8, 4) is 0 Å². The Bertz CT molecular complexity index is 237. The third kappa shape index (κ3) is 1.92. The van der Waals surface area contributed by atoms with Gasteiger partial charge in [0.1, 0.15) is 5.82 Å². The second-order valence-electron chi connectivity index (χ2n) is 1.87. The van der Waals surface area contributed by atoms with Gasteiger partial charge in [-0.15, -0.1) is 0 Å². The molecule has 0 aliphatic carbocycles. The van der Waals surface area contributed by atoms with Crippen LogP contribution in [0.1, 0.15) is 5.56 Å². The predicted molar refractivity (Wildman–Crippen MR) is 51.8 cm³/mol. The van der Waals surface area contributed by atoms with Gasteiger partial charge in [0.15, 0.2) is 0 Å². The fourth-order valence-corrected chi connectivity index (χ4v) is 1.58. The lowest BCUT2D eigenvalue weighted by Crippen LogP contribution is -1.83. The molecule has 3 heteroatoms. The predicted octanol–water partition coefficient (Wildman–Crippen LogP) is 3.52. The minimum atomic E-state index is -0.135. The maximum Gasteiger partial charge on any atom is 0.128 e. The lowest BCUT2D eigenvalue weighted by Gasteiger charge is -1.96. The summed E-state index contributed by atoms with van der Waals surface area (Å²) in [6.07, 6.45) is 0. The van der Waals surface area contributed by atoms with Gasteiger partial charge in [-0.25, -0.2) is 4.39 Å². The highest BCUT2D eigenvalue weighted by molar-refractivity contribution is 14.1. The first-order chi connectivity index (χ1) is 4.74. The zero-order valence-corrected chi connectivity index (χ0v) is 8.82. The highest BCUT2D eigenvalue weighted by Crippen LogP contribution is 2.16. The first-order valence-electron chi connectivity index (χ1n) is 2.74. The van der Waals surface area contributed by atoms with E-state index in [-0.39, 0.29) is 5.82 Å². The molecule has 0 spiro atoms. The molecule has 0 saturated carbocycles. The van der Waals surface area contributed by atoms with Gasteiger partial charge in [0.2, 0.25) is 0 Å². The molecule has 0 aliphatic rings. The first kappa shape index (κ1) is 8.46. The molecule has 0 aliphatic heterocycles. The molecule has 1 aromatic carbocycles. The first-order valence-corrected chi connectivity index (χ1v) is 5.06. The molecule has 0 atom stereocenters. The Morgan fingerprint density at radius 3 is 2.70 bits per heavy atom. The van der Waals surface area contributed by atoms with Crippen molar-refractivity contribution in [3.05, 3.63) is 34.1 Å². The number of halogens is 3. The summed E-state index contributed by atoms with van der Waals surface area (Å²) < 4.78 is 14.3. The van der Waals surface area contributed by atoms with E-state index in [1.165, 1.54) is 6.07 Å². The van der Waals surface area contributed by atoms with Crippen LogP contribution in [0.5, 0.6) is 0 Å². The van der Waals surface area contributed by atoms with Crippen LogP contribution >= 0.6 is 38.5 Å². The zero-order valence-electron chi connectivity index (χ0n) is 5.07. The zero-order chi connectivity index (χ0) is 7.56. The Morgan fingerprint density at radius 2 is 2.20 bits per heavy atom. The van der Waals surface area contributed by atoms with Crippen molar-refractivity contribution < 1.29 is 4.39 Å². The Labute approximate surface area is 81.1 Å². The molecule has 0 amide bonds. The van der Waals surface area contributed by atoms with Gasteiger partial charge in [-0.3, -0.25) is 0 Å². The molecule has 0 unspecified atom stereocenters. The highest BCUT2D eigenvalue weighted by atomic mass is 127. The molecule has 0 N–H and O–H groups in total. The fourth-order valence-electron chi connectivity index (χ4n) is 0.630. The molecule has 0 nitrogen and oxygen atoms in total. The summed E-state index contributed by atoms with van der Waals surface area (Å²) in [5, 5.41) is 0. The summed E-state index contributed by atoms with van der Waals surface area (Å²) in [6.45, 7) is 0. The van der Waals surface area contributed by atoms with Gasteiger partial charge in [-0.05, 0) is 17.7 Å². The van der Waals surface area contributed by atoms with Crippen LogP contribution in [-0.4, -0.2) is 0 Å². The topological polar surface area (TPSA) is 0 Å². The van der Waals surface area contributed by atoms with Crippen LogP contribution in [0.25, 0.3) is 0 Å². The van der Waals surface area contributed by atoms with Crippen molar-refractivity contribution >= 4 is 38.5 Å². The average Bonchev–Trinajstić information content (AvgIpc) is 1.88. The van der Waals surface area contributed by atoms with Gasteiger partial charge in [0, 0.05) is 8.90 Å². The van der Waals surface area contributed by atoms with Gasteiger partial charge in [-0.2, -0.15) is 0 Å². The molecule has 0 heterocycles. The minimum Gasteiger partial charge on any atom is -0.207 e. The van der Waals surface area contributed by atoms with Crippen molar-refractivity contribution in [2.24, 2.45) is 0 Å². The van der Waals surface area contributed by atoms with Gasteiger partial charge >= 0.3 is 0 Å². The summed E-state index contributed by atoms with van der Waals surface area (Å²) in [7, 11) is 0. The van der Waals surface area contributed by atoms with Crippen molar-refractivity contribution in [3.63, 3.8) is 0 Å². The molecular weight excluding hydrogens is 310 g/mol. The lowest BCUT2D eigenvalue weighted by atomic mass is 10.2. The Balaban J connectivity index is 3.07. The van der Waals surface area contributed by atoms with E-state index >= 15 is 0 Å². The van der Waals surface area contributed by atoms with Crippen molar-refractivity contribution in [2.75, 3.05) is 0 Å². The monoisotopic (exact) mass is 314 g/mol. The minimum absolute atomic E-state index is 0.135. The second kappa shape index (κ2) is 3.67. The van der Waals surface area contributed by atoms with Crippen LogP contribution in [0, 0.1) is 5.82 Å². The standard InChI is InChI=1S/C7H5BrFI/c8-6-2-1-5(4-10)7(9)3-6/h1-3H,4H2. The Morgan fingerprint density at radius 1 is 1.50 bits per heavy atom. The fraction of sp³-hybridized carbons (Fsp3) is 0.143. The SMILES string of the molecule is Fc1cc(Br)ccc1CI. The number of hydrogen-bond acceptors (Lipinski definition) is 0. The molecule has 0 aromatic heterocycles. The summed E-state index contributed by atoms with van der Waals surface area (Å²) in [5.41, 5.74) is 0.754. The van der Waals surface area contributed by atoms with Crippen molar-refractivity contribution in [1.82, 2.24) is 0 Å². The summed E-state index contributed by atoms with van der Waals surface area (Å²) in [6, 6.07) is 5.11. The molecule has 1 rings (SSSR count). The van der Waals surface area contributed by atoms with E-state index in [4.69, 9.17) is 0 Å². The number of alkyl halides is 1. The van der Waals surface area contributed by atoms with E-state index in [2.05, 4.69) is 38.5 Å². The van der Waals surface area contributed by atoms with Crippen LogP contribution in [-0.2, 0) is 4.43 Å². The van der Waals surface area contributed by atoms with Crippen molar-refractivity contribution in [1.29, 1.82) is 0 Å². The quantitative estimate of drug-likeness (QED) is 0.549. The third-order valence-electron chi connectivity index (χ3n) is 1.16. The summed E-state index contributed by atoms with van der Waals surface area (Å²) in [5.74, 6) is -0.135. The van der Waals surface area contributed by atoms with E-state index in [1.807, 2.05) is 6.07 Å². The summed E-state index contributed by atoms with van der Waals surface area (Å²) >= 11 is 5.32. The lowest BCUT2D eigenvalue weighted by molar-refractivity contribution is 0.617. The van der Waals surface area contributed by atoms with Gasteiger partial charge in [-0.1, -0.05) is 44.6 Å². The molecule has 0 saturated heterocycles. The maximum atomic E-state index is 12.8. The van der Waals surface area contributed by atoms with Crippen LogP contribution in [0.4, 0.5) is 4.39 Å². The largest absolute Gasteiger partial charge is 0.207 e. The number of benzene rings is 1. The van der Waals surface area contributed by atoms with E-state index in [0.717, 1.165) is 14.5 Å². The van der Waals surface area contributed by atoms with Gasteiger partial charge in [0.25, 0.3) is 0 Å². The highest BCUT2D eigenvalue weighted by Gasteiger charge is 1.98. The summed E-state index contributed by atoms with van der Waals surface area (Å²) in [4.78, 5) is 0. The average molecular weight is 315 g/mol. The van der Waals surface area contributed by atoms with Gasteiger partial charge < -0.3 is 0 Å². The second-order valence-corrected chi connectivity index (χ2v) is 3.55. The maximum absolute atomic E-state index is 12.8. The molecule has 10 heavy (non-hydrogen) atoms. The van der Waals surface area contributed by atoms with Crippen LogP contribution in [0.2, 0.25) is 0 Å². The molecule has 0 fully saturated rings. The van der Waals surface area contributed by atoms with E-state index in [9.17, 15) is 4.39 Å². The number of rotatable bonds is 1. The Kier molecular flexibility index (Phi) is 3.10. The van der Waals surface area contributed by atoms with Crippen LogP contribution < -0.4 is 0 Å². The normalized spacial score (nSPS) is 9.90. The molecule has 1 aromatic rings. The molecule has 54 valence electrons. The molecule has 0 radical (unpaired) electrons. The number of hydrogen-bond donors (Lipinski definition) is 0. The van der Waals surface area contributed by atoms with Crippen LogP contribution in [0.15, 0.2) is 22.7 Å². The smallest absolute Gasteiger partial charge is 0.128 e. The Hall–Kier alpha value is 0.360. The molecule has 0 bridgehead atoms. The van der Waals surface area contributed by atoms with Gasteiger partial charge in [0.05, 0.1) is 0 Å². The van der Waals surface area contributed by atoms with Crippen LogP contribution in [0.3, 0.4) is 0 Å².